The molecule has 0 spiro atoms. The van der Waals surface area contributed by atoms with E-state index in [-0.39, 0.29) is 5.78 Å². The Bertz CT molecular complexity index is 533. The van der Waals surface area contributed by atoms with Crippen LogP contribution in [0.1, 0.15) is 16.1 Å². The summed E-state index contributed by atoms with van der Waals surface area (Å²) in [6, 6.07) is 6.56. The van der Waals surface area contributed by atoms with Crippen LogP contribution in [0.4, 0.5) is 0 Å². The molecule has 1 heterocycles. The van der Waals surface area contributed by atoms with Gasteiger partial charge in [-0.25, -0.2) is 9.97 Å². The van der Waals surface area contributed by atoms with Crippen LogP contribution < -0.4 is 9.47 Å². The zero-order valence-corrected chi connectivity index (χ0v) is 10.1. The summed E-state index contributed by atoms with van der Waals surface area (Å²) in [5.74, 6) is 0.924. The first kappa shape index (κ1) is 12.0. The lowest BCUT2D eigenvalue weighted by Crippen LogP contribution is -2.04. The first-order chi connectivity index (χ1) is 8.74. The standard InChI is InChI=1S/C13H12N2O3/c1-17-10-5-9(6-11(7-10)18-2)13(16)12-3-4-14-8-15-12/h3-8H,1-2H3. The van der Waals surface area contributed by atoms with Gasteiger partial charge in [-0.1, -0.05) is 0 Å². The van der Waals surface area contributed by atoms with Crippen LogP contribution in [0.3, 0.4) is 0 Å². The Labute approximate surface area is 104 Å². The van der Waals surface area contributed by atoms with Crippen molar-refractivity contribution in [2.75, 3.05) is 14.2 Å². The van der Waals surface area contributed by atoms with Gasteiger partial charge in [-0.3, -0.25) is 4.79 Å². The Morgan fingerprint density at radius 1 is 1.11 bits per heavy atom. The molecule has 18 heavy (non-hydrogen) atoms. The average Bonchev–Trinajstić information content (AvgIpc) is 2.46. The number of hydrogen-bond acceptors (Lipinski definition) is 5. The molecule has 0 aliphatic heterocycles. The van der Waals surface area contributed by atoms with Crippen LogP contribution in [0.15, 0.2) is 36.8 Å². The van der Waals surface area contributed by atoms with E-state index in [4.69, 9.17) is 9.47 Å². The van der Waals surface area contributed by atoms with Crippen LogP contribution in [-0.4, -0.2) is 30.0 Å². The van der Waals surface area contributed by atoms with Gasteiger partial charge in [0.05, 0.1) is 14.2 Å². The smallest absolute Gasteiger partial charge is 0.211 e. The lowest BCUT2D eigenvalue weighted by molar-refractivity contribution is 0.103. The minimum absolute atomic E-state index is 0.199. The molecule has 0 N–H and O–H groups in total. The van der Waals surface area contributed by atoms with Crippen LogP contribution in [0.5, 0.6) is 11.5 Å². The molecule has 2 aromatic rings. The molecule has 0 atom stereocenters. The predicted octanol–water partition coefficient (Wildman–Crippen LogP) is 1.72. The molecule has 0 unspecified atom stereocenters. The van der Waals surface area contributed by atoms with Crippen LogP contribution in [0.2, 0.25) is 0 Å². The Morgan fingerprint density at radius 2 is 1.78 bits per heavy atom. The van der Waals surface area contributed by atoms with Crippen molar-refractivity contribution in [2.45, 2.75) is 0 Å². The Balaban J connectivity index is 2.41. The zero-order valence-electron chi connectivity index (χ0n) is 10.1. The molecule has 1 aromatic carbocycles. The third-order valence-electron chi connectivity index (χ3n) is 2.43. The minimum atomic E-state index is -0.199. The van der Waals surface area contributed by atoms with Crippen molar-refractivity contribution in [3.8, 4) is 11.5 Å². The molecule has 0 radical (unpaired) electrons. The van der Waals surface area contributed by atoms with Gasteiger partial charge in [0.15, 0.2) is 0 Å². The summed E-state index contributed by atoms with van der Waals surface area (Å²) in [6.07, 6.45) is 2.86. The molecule has 0 saturated carbocycles. The van der Waals surface area contributed by atoms with E-state index in [1.165, 1.54) is 26.7 Å². The number of hydrogen-bond donors (Lipinski definition) is 0. The van der Waals surface area contributed by atoms with Crippen molar-refractivity contribution >= 4 is 5.78 Å². The fourth-order valence-corrected chi connectivity index (χ4v) is 1.51. The first-order valence-electron chi connectivity index (χ1n) is 5.28. The summed E-state index contributed by atoms with van der Waals surface area (Å²) in [7, 11) is 3.07. The lowest BCUT2D eigenvalue weighted by atomic mass is 10.1. The van der Waals surface area contributed by atoms with Gasteiger partial charge in [0, 0.05) is 17.8 Å². The maximum Gasteiger partial charge on any atom is 0.211 e. The van der Waals surface area contributed by atoms with Gasteiger partial charge in [0.1, 0.15) is 23.5 Å². The second-order valence-electron chi connectivity index (χ2n) is 3.53. The van der Waals surface area contributed by atoms with E-state index >= 15 is 0 Å². The van der Waals surface area contributed by atoms with E-state index in [0.717, 1.165) is 0 Å². The SMILES string of the molecule is COc1cc(OC)cc(C(=O)c2ccncn2)c1. The van der Waals surface area contributed by atoms with Gasteiger partial charge in [-0.05, 0) is 18.2 Å². The van der Waals surface area contributed by atoms with Gasteiger partial charge in [-0.15, -0.1) is 0 Å². The van der Waals surface area contributed by atoms with Gasteiger partial charge in [0.2, 0.25) is 5.78 Å². The number of aromatic nitrogens is 2. The maximum absolute atomic E-state index is 12.2. The predicted molar refractivity (Wildman–Crippen MR) is 65.0 cm³/mol. The fourth-order valence-electron chi connectivity index (χ4n) is 1.51. The van der Waals surface area contributed by atoms with Crippen LogP contribution >= 0.6 is 0 Å². The van der Waals surface area contributed by atoms with E-state index in [2.05, 4.69) is 9.97 Å². The average molecular weight is 244 g/mol. The van der Waals surface area contributed by atoms with Crippen molar-refractivity contribution in [2.24, 2.45) is 0 Å². The summed E-state index contributed by atoms with van der Waals surface area (Å²) in [5.41, 5.74) is 0.796. The molecular formula is C13H12N2O3. The van der Waals surface area contributed by atoms with Gasteiger partial charge < -0.3 is 9.47 Å². The van der Waals surface area contributed by atoms with Crippen LogP contribution in [-0.2, 0) is 0 Å². The Kier molecular flexibility index (Phi) is 3.52. The number of ketones is 1. The van der Waals surface area contributed by atoms with E-state index in [1.54, 1.807) is 24.3 Å². The normalized spacial score (nSPS) is 9.89. The number of benzene rings is 1. The number of carbonyl (C=O) groups excluding carboxylic acids is 1. The third kappa shape index (κ3) is 2.45. The summed E-state index contributed by atoms with van der Waals surface area (Å²) in [5, 5.41) is 0. The van der Waals surface area contributed by atoms with Gasteiger partial charge in [-0.2, -0.15) is 0 Å². The Hall–Kier alpha value is -2.43. The molecule has 0 bridgehead atoms. The third-order valence-corrected chi connectivity index (χ3v) is 2.43. The molecule has 0 aliphatic rings. The first-order valence-corrected chi connectivity index (χ1v) is 5.28. The summed E-state index contributed by atoms with van der Waals surface area (Å²) < 4.78 is 10.2. The Morgan fingerprint density at radius 3 is 2.28 bits per heavy atom. The molecule has 0 aliphatic carbocycles. The van der Waals surface area contributed by atoms with Crippen LogP contribution in [0, 0.1) is 0 Å². The molecular weight excluding hydrogens is 232 g/mol. The molecule has 0 saturated heterocycles. The molecule has 0 amide bonds. The van der Waals surface area contributed by atoms with Crippen molar-refractivity contribution in [1.82, 2.24) is 9.97 Å². The van der Waals surface area contributed by atoms with E-state index in [1.807, 2.05) is 0 Å². The zero-order chi connectivity index (χ0) is 13.0. The van der Waals surface area contributed by atoms with Gasteiger partial charge >= 0.3 is 0 Å². The highest BCUT2D eigenvalue weighted by atomic mass is 16.5. The minimum Gasteiger partial charge on any atom is -0.497 e. The molecule has 1 aromatic heterocycles. The number of carbonyl (C=O) groups is 1. The van der Waals surface area contributed by atoms with E-state index in [9.17, 15) is 4.79 Å². The highest BCUT2D eigenvalue weighted by molar-refractivity contribution is 6.08. The number of methoxy groups -OCH3 is 2. The van der Waals surface area contributed by atoms with Crippen LogP contribution in [0.25, 0.3) is 0 Å². The van der Waals surface area contributed by atoms with Crippen molar-refractivity contribution in [3.63, 3.8) is 0 Å². The summed E-state index contributed by atoms with van der Waals surface area (Å²) in [6.45, 7) is 0. The van der Waals surface area contributed by atoms with Gasteiger partial charge in [0.25, 0.3) is 0 Å². The highest BCUT2D eigenvalue weighted by Crippen LogP contribution is 2.23. The van der Waals surface area contributed by atoms with E-state index in [0.29, 0.717) is 22.8 Å². The van der Waals surface area contributed by atoms with Crippen molar-refractivity contribution in [3.05, 3.63) is 48.0 Å². The second kappa shape index (κ2) is 5.27. The monoisotopic (exact) mass is 244 g/mol. The summed E-state index contributed by atoms with van der Waals surface area (Å²) >= 11 is 0. The largest absolute Gasteiger partial charge is 0.497 e. The quantitative estimate of drug-likeness (QED) is 0.766. The topological polar surface area (TPSA) is 61.3 Å². The summed E-state index contributed by atoms with van der Waals surface area (Å²) in [4.78, 5) is 19.9. The highest BCUT2D eigenvalue weighted by Gasteiger charge is 2.13. The molecule has 5 heteroatoms. The van der Waals surface area contributed by atoms with Crippen molar-refractivity contribution in [1.29, 1.82) is 0 Å². The van der Waals surface area contributed by atoms with Crippen molar-refractivity contribution < 1.29 is 14.3 Å². The fraction of sp³-hybridized carbons (Fsp3) is 0.154. The molecule has 92 valence electrons. The maximum atomic E-state index is 12.2. The number of rotatable bonds is 4. The molecule has 0 fully saturated rings. The molecule has 2 rings (SSSR count). The number of nitrogens with zero attached hydrogens (tertiary/aromatic N) is 2. The number of ether oxygens (including phenoxy) is 2. The lowest BCUT2D eigenvalue weighted by Gasteiger charge is -2.07. The molecule has 5 nitrogen and oxygen atoms in total. The van der Waals surface area contributed by atoms with E-state index < -0.39 is 0 Å². The second-order valence-corrected chi connectivity index (χ2v) is 3.53.